The molecule has 7 rings (SSSR count). The van der Waals surface area contributed by atoms with Gasteiger partial charge in [-0.2, -0.15) is 23.5 Å². The fraction of sp³-hybridized carbons (Fsp3) is 0.561. The summed E-state index contributed by atoms with van der Waals surface area (Å²) < 4.78 is 79.8. The number of imide groups is 1. The second-order valence-corrected chi connectivity index (χ2v) is 17.0. The number of alkyl halides is 5. The number of ether oxygens (including phenoxy) is 1. The third kappa shape index (κ3) is 8.38. The number of rotatable bonds is 11. The van der Waals surface area contributed by atoms with Crippen molar-refractivity contribution in [3.8, 4) is 6.07 Å². The third-order valence-corrected chi connectivity index (χ3v) is 12.6. The summed E-state index contributed by atoms with van der Waals surface area (Å²) in [5.41, 5.74) is -1.55. The quantitative estimate of drug-likeness (QED) is 0.146. The van der Waals surface area contributed by atoms with Crippen LogP contribution in [0.3, 0.4) is 0 Å². The molecule has 320 valence electrons. The number of ketones is 1. The lowest BCUT2D eigenvalue weighted by Crippen LogP contribution is -2.51. The van der Waals surface area contributed by atoms with E-state index in [9.17, 15) is 32.3 Å². The number of thiocarbonyl (C=S) groups is 1. The Kier molecular flexibility index (Phi) is 11.9. The van der Waals surface area contributed by atoms with Crippen LogP contribution in [0, 0.1) is 17.2 Å². The number of aryl methyl sites for hydroxylation is 1. The van der Waals surface area contributed by atoms with Crippen molar-refractivity contribution < 1.29 is 45.9 Å². The number of nitrogens with zero attached hydrogens (tertiary/aromatic N) is 7. The lowest BCUT2D eigenvalue weighted by molar-refractivity contribution is -0.138. The summed E-state index contributed by atoms with van der Waals surface area (Å²) in [7, 11) is 1.72. The summed E-state index contributed by atoms with van der Waals surface area (Å²) >= 11 is 5.66. The number of nitrogens with one attached hydrogen (secondary N) is 1. The maximum Gasteiger partial charge on any atom is 0.419 e. The van der Waals surface area contributed by atoms with E-state index in [1.165, 1.54) is 11.0 Å². The first kappa shape index (κ1) is 43.2. The van der Waals surface area contributed by atoms with E-state index in [1.807, 2.05) is 6.07 Å². The highest BCUT2D eigenvalue weighted by Crippen LogP contribution is 2.41. The molecule has 3 aliphatic heterocycles. The van der Waals surface area contributed by atoms with Gasteiger partial charge in [0.25, 0.3) is 11.8 Å². The maximum atomic E-state index is 15.5. The molecule has 1 saturated carbocycles. The van der Waals surface area contributed by atoms with Crippen molar-refractivity contribution in [2.45, 2.75) is 107 Å². The average molecular weight is 857 g/mol. The summed E-state index contributed by atoms with van der Waals surface area (Å²) in [6, 6.07) is 7.30. The fourth-order valence-corrected chi connectivity index (χ4v) is 9.81. The van der Waals surface area contributed by atoms with Crippen LogP contribution in [-0.4, -0.2) is 103 Å². The van der Waals surface area contributed by atoms with E-state index in [0.29, 0.717) is 66.9 Å². The minimum Gasteiger partial charge on any atom is -0.378 e. The smallest absolute Gasteiger partial charge is 0.378 e. The molecule has 2 unspecified atom stereocenters. The summed E-state index contributed by atoms with van der Waals surface area (Å²) in [5, 5.41) is 16.8. The molecule has 2 aromatic heterocycles. The lowest BCUT2D eigenvalue weighted by atomic mass is 9.88. The number of hydrogen-bond acceptors (Lipinski definition) is 10. The van der Waals surface area contributed by atoms with Crippen LogP contribution in [0.5, 0.6) is 0 Å². The largest absolute Gasteiger partial charge is 0.419 e. The average Bonchev–Trinajstić information content (AvgIpc) is 3.60. The van der Waals surface area contributed by atoms with Crippen LogP contribution in [0.15, 0.2) is 30.5 Å². The zero-order valence-corrected chi connectivity index (χ0v) is 34.2. The number of hydrogen-bond donors (Lipinski definition) is 1. The molecule has 1 N–H and O–H groups in total. The standard InChI is InChI=1S/C41H45F5N8O5S/c1-39(2)37(58)53(26-18-31(41(44,45)46)32(19-47)48-20-26)38(60)54(39)25-7-9-28(10-8-25)59-16-14-24-13-15-52(22-40(24,42)43)21-27(55)17-23-5-4-6-29-34(50-51(3)35(23)29)30-11-12-33(56)49-36(30)57/h4-6,18,20,24-25,28,30H,7-17,21-22H2,1-3H3,(H,49,56,57). The Morgan fingerprint density at radius 2 is 1.83 bits per heavy atom. The van der Waals surface area contributed by atoms with E-state index in [0.717, 1.165) is 11.1 Å². The van der Waals surface area contributed by atoms with E-state index < -0.39 is 59.1 Å². The van der Waals surface area contributed by atoms with Crippen molar-refractivity contribution in [1.82, 2.24) is 29.9 Å². The first-order valence-corrected chi connectivity index (χ1v) is 20.4. The summed E-state index contributed by atoms with van der Waals surface area (Å²) in [6.45, 7) is 3.05. The van der Waals surface area contributed by atoms with E-state index in [2.05, 4.69) is 15.4 Å². The van der Waals surface area contributed by atoms with Crippen LogP contribution in [0.1, 0.15) is 93.6 Å². The molecule has 5 heterocycles. The molecule has 3 aromatic rings. The number of piperidine rings is 2. The number of benzene rings is 1. The van der Waals surface area contributed by atoms with Gasteiger partial charge in [-0.25, -0.2) is 13.8 Å². The van der Waals surface area contributed by atoms with Crippen molar-refractivity contribution in [3.05, 3.63) is 53.0 Å². The van der Waals surface area contributed by atoms with Gasteiger partial charge in [-0.3, -0.25) is 39.0 Å². The normalized spacial score (nSPS) is 24.9. The molecule has 19 heteroatoms. The van der Waals surface area contributed by atoms with Gasteiger partial charge in [-0.05, 0) is 89.2 Å². The number of anilines is 1. The highest BCUT2D eigenvalue weighted by Gasteiger charge is 2.53. The number of fused-ring (bicyclic) bond motifs is 1. The number of pyridine rings is 1. The van der Waals surface area contributed by atoms with E-state index >= 15 is 8.78 Å². The predicted octanol–water partition coefficient (Wildman–Crippen LogP) is 5.58. The Morgan fingerprint density at radius 1 is 1.10 bits per heavy atom. The van der Waals surface area contributed by atoms with Crippen LogP contribution in [0.2, 0.25) is 0 Å². The Balaban J connectivity index is 0.885. The van der Waals surface area contributed by atoms with Crippen molar-refractivity contribution >= 4 is 57.4 Å². The fourth-order valence-electron chi connectivity index (χ4n) is 9.24. The van der Waals surface area contributed by atoms with Gasteiger partial charge in [0.15, 0.2) is 16.6 Å². The minimum absolute atomic E-state index is 0.000263. The topological polar surface area (TPSA) is 154 Å². The molecule has 1 aliphatic carbocycles. The molecule has 0 spiro atoms. The number of likely N-dealkylation sites (tertiary alicyclic amines) is 1. The number of carbonyl (C=O) groups excluding carboxylic acids is 4. The molecule has 0 radical (unpaired) electrons. The van der Waals surface area contributed by atoms with Gasteiger partial charge in [0.2, 0.25) is 11.8 Å². The molecule has 3 amide bonds. The van der Waals surface area contributed by atoms with Crippen LogP contribution in [0.25, 0.3) is 10.9 Å². The molecule has 0 bridgehead atoms. The predicted molar refractivity (Wildman–Crippen MR) is 211 cm³/mol. The number of carbonyl (C=O) groups is 4. The zero-order valence-electron chi connectivity index (χ0n) is 33.4. The Bertz CT molecular complexity index is 2270. The van der Waals surface area contributed by atoms with Crippen LogP contribution in [-0.2, 0) is 43.6 Å². The minimum atomic E-state index is -4.87. The maximum absolute atomic E-state index is 15.5. The highest BCUT2D eigenvalue weighted by atomic mass is 32.1. The first-order valence-electron chi connectivity index (χ1n) is 20.0. The number of halogens is 5. The van der Waals surface area contributed by atoms with Gasteiger partial charge < -0.3 is 9.64 Å². The van der Waals surface area contributed by atoms with Crippen LogP contribution < -0.4 is 10.2 Å². The van der Waals surface area contributed by atoms with Gasteiger partial charge in [0, 0.05) is 43.8 Å². The van der Waals surface area contributed by atoms with Gasteiger partial charge in [0.05, 0.1) is 53.8 Å². The zero-order chi connectivity index (χ0) is 43.3. The SMILES string of the molecule is Cn1nc(C2CCC(=O)NC2=O)c2cccc(CC(=O)CN3CCC(CCOC4CCC(N5C(=S)N(c6cnc(C#N)c(C(F)(F)F)c6)C(=O)C5(C)C)CC4)C(F)(F)C3)c21. The second-order valence-electron chi connectivity index (χ2n) is 16.6. The van der Waals surface area contributed by atoms with Crippen LogP contribution in [0.4, 0.5) is 27.6 Å². The van der Waals surface area contributed by atoms with Gasteiger partial charge in [-0.15, -0.1) is 0 Å². The van der Waals surface area contributed by atoms with E-state index in [4.69, 9.17) is 22.2 Å². The van der Waals surface area contributed by atoms with Crippen molar-refractivity contribution in [2.24, 2.45) is 13.0 Å². The Hall–Kier alpha value is -4.93. The highest BCUT2D eigenvalue weighted by molar-refractivity contribution is 7.80. The molecule has 4 fully saturated rings. The Labute approximate surface area is 348 Å². The molecule has 1 aromatic carbocycles. The van der Waals surface area contributed by atoms with Crippen molar-refractivity contribution in [1.29, 1.82) is 5.26 Å². The van der Waals surface area contributed by atoms with E-state index in [1.54, 1.807) is 42.6 Å². The Morgan fingerprint density at radius 3 is 2.50 bits per heavy atom. The summed E-state index contributed by atoms with van der Waals surface area (Å²) in [6.07, 6.45) is -0.960. The molecule has 60 heavy (non-hydrogen) atoms. The number of para-hydroxylation sites is 1. The van der Waals surface area contributed by atoms with Crippen molar-refractivity contribution in [3.63, 3.8) is 0 Å². The molecular weight excluding hydrogens is 812 g/mol. The lowest BCUT2D eigenvalue weighted by Gasteiger charge is -2.41. The molecule has 13 nitrogen and oxygen atoms in total. The second kappa shape index (κ2) is 16.5. The molecule has 4 aliphatic rings. The first-order chi connectivity index (χ1) is 28.3. The summed E-state index contributed by atoms with van der Waals surface area (Å²) in [5.74, 6) is -6.05. The molecular formula is C41H45F5N8O5S. The number of nitriles is 1. The third-order valence-electron chi connectivity index (χ3n) is 12.3. The van der Waals surface area contributed by atoms with Gasteiger partial charge >= 0.3 is 6.18 Å². The number of aromatic nitrogens is 3. The molecule has 2 atom stereocenters. The van der Waals surface area contributed by atoms with Gasteiger partial charge in [0.1, 0.15) is 11.6 Å². The summed E-state index contributed by atoms with van der Waals surface area (Å²) in [4.78, 5) is 59.0. The van der Waals surface area contributed by atoms with Crippen molar-refractivity contribution in [2.75, 3.05) is 31.1 Å². The van der Waals surface area contributed by atoms with Crippen LogP contribution >= 0.6 is 12.2 Å². The van der Waals surface area contributed by atoms with E-state index in [-0.39, 0.29) is 73.5 Å². The number of Topliss-reactive ketones (excluding diaryl/α,β-unsaturated/α-hetero) is 1. The monoisotopic (exact) mass is 856 g/mol. The number of amides is 3. The molecule has 3 saturated heterocycles. The van der Waals surface area contributed by atoms with Gasteiger partial charge in [-0.1, -0.05) is 18.2 Å².